The molecule has 0 fully saturated rings. The van der Waals surface area contributed by atoms with Crippen molar-refractivity contribution in [2.45, 2.75) is 0 Å². The SMILES string of the molecule is COc1cc(C2=N/C(=C\c3ccc(-c4cccc([N+](=O)[O-])c4)o3)C(=O)O2)cc(OC)c1OC. The second-order valence-electron chi connectivity index (χ2n) is 6.76. The molecule has 168 valence electrons. The quantitative estimate of drug-likeness (QED) is 0.227. The number of nitro benzene ring substituents is 1. The molecular formula is C23H18N2O8. The molecule has 0 bridgehead atoms. The largest absolute Gasteiger partial charge is 0.493 e. The summed E-state index contributed by atoms with van der Waals surface area (Å²) in [7, 11) is 4.44. The van der Waals surface area contributed by atoms with Crippen LogP contribution >= 0.6 is 0 Å². The van der Waals surface area contributed by atoms with Gasteiger partial charge in [-0.05, 0) is 24.3 Å². The van der Waals surface area contributed by atoms with Crippen molar-refractivity contribution in [3.63, 3.8) is 0 Å². The molecule has 4 rings (SSSR count). The van der Waals surface area contributed by atoms with Gasteiger partial charge < -0.3 is 23.4 Å². The van der Waals surface area contributed by atoms with Crippen molar-refractivity contribution in [2.24, 2.45) is 4.99 Å². The fourth-order valence-electron chi connectivity index (χ4n) is 3.23. The Bertz CT molecular complexity index is 1280. The van der Waals surface area contributed by atoms with Crippen LogP contribution in [0, 0.1) is 10.1 Å². The van der Waals surface area contributed by atoms with Crippen LogP contribution in [-0.2, 0) is 9.53 Å². The molecule has 0 spiro atoms. The van der Waals surface area contributed by atoms with Crippen LogP contribution in [0.5, 0.6) is 17.2 Å². The van der Waals surface area contributed by atoms with E-state index in [1.807, 2.05) is 0 Å². The third kappa shape index (κ3) is 4.26. The van der Waals surface area contributed by atoms with E-state index in [1.54, 1.807) is 36.4 Å². The second kappa shape index (κ2) is 8.87. The molecule has 1 aliphatic heterocycles. The number of benzene rings is 2. The van der Waals surface area contributed by atoms with Crippen LogP contribution in [0.4, 0.5) is 5.69 Å². The highest BCUT2D eigenvalue weighted by Crippen LogP contribution is 2.39. The summed E-state index contributed by atoms with van der Waals surface area (Å²) in [5.41, 5.74) is 0.962. The van der Waals surface area contributed by atoms with Gasteiger partial charge in [0.1, 0.15) is 11.5 Å². The van der Waals surface area contributed by atoms with Gasteiger partial charge in [0.15, 0.2) is 17.2 Å². The van der Waals surface area contributed by atoms with Gasteiger partial charge in [-0.3, -0.25) is 10.1 Å². The van der Waals surface area contributed by atoms with Crippen molar-refractivity contribution in [3.05, 3.63) is 75.7 Å². The summed E-state index contributed by atoms with van der Waals surface area (Å²) >= 11 is 0. The Hall–Kier alpha value is -4.60. The topological polar surface area (TPSA) is 123 Å². The molecule has 0 saturated carbocycles. The third-order valence-electron chi connectivity index (χ3n) is 4.78. The molecule has 33 heavy (non-hydrogen) atoms. The summed E-state index contributed by atoms with van der Waals surface area (Å²) in [6.45, 7) is 0. The lowest BCUT2D eigenvalue weighted by molar-refractivity contribution is -0.384. The lowest BCUT2D eigenvalue weighted by Crippen LogP contribution is -2.06. The summed E-state index contributed by atoms with van der Waals surface area (Å²) in [6.07, 6.45) is 1.42. The number of cyclic esters (lactones) is 1. The molecular weight excluding hydrogens is 432 g/mol. The van der Waals surface area contributed by atoms with Gasteiger partial charge in [-0.25, -0.2) is 9.79 Å². The van der Waals surface area contributed by atoms with E-state index >= 15 is 0 Å². The third-order valence-corrected chi connectivity index (χ3v) is 4.78. The number of methoxy groups -OCH3 is 3. The van der Waals surface area contributed by atoms with Crippen molar-refractivity contribution in [1.82, 2.24) is 0 Å². The number of esters is 1. The molecule has 2 aromatic carbocycles. The van der Waals surface area contributed by atoms with Crippen LogP contribution in [0.3, 0.4) is 0 Å². The van der Waals surface area contributed by atoms with E-state index in [9.17, 15) is 14.9 Å². The van der Waals surface area contributed by atoms with Crippen molar-refractivity contribution in [1.29, 1.82) is 0 Å². The number of carbonyl (C=O) groups is 1. The Labute approximate surface area is 187 Å². The molecule has 0 amide bonds. The zero-order valence-corrected chi connectivity index (χ0v) is 17.9. The maximum Gasteiger partial charge on any atom is 0.363 e. The Kier molecular flexibility index (Phi) is 5.81. The lowest BCUT2D eigenvalue weighted by atomic mass is 10.1. The lowest BCUT2D eigenvalue weighted by Gasteiger charge is -2.13. The first-order valence-corrected chi connectivity index (χ1v) is 9.61. The van der Waals surface area contributed by atoms with Gasteiger partial charge in [0.25, 0.3) is 5.69 Å². The minimum atomic E-state index is -0.660. The van der Waals surface area contributed by atoms with Crippen molar-refractivity contribution >= 4 is 23.6 Å². The number of hydrogen-bond acceptors (Lipinski definition) is 9. The minimum absolute atomic E-state index is 0.0266. The number of rotatable bonds is 7. The monoisotopic (exact) mass is 450 g/mol. The summed E-state index contributed by atoms with van der Waals surface area (Å²) in [5, 5.41) is 11.0. The van der Waals surface area contributed by atoms with E-state index in [0.29, 0.717) is 39.9 Å². The van der Waals surface area contributed by atoms with Gasteiger partial charge in [0, 0.05) is 29.3 Å². The van der Waals surface area contributed by atoms with Crippen LogP contribution in [0.1, 0.15) is 11.3 Å². The molecule has 0 atom stereocenters. The average molecular weight is 450 g/mol. The molecule has 0 aliphatic carbocycles. The second-order valence-corrected chi connectivity index (χ2v) is 6.76. The van der Waals surface area contributed by atoms with E-state index in [2.05, 4.69) is 4.99 Å². The zero-order valence-electron chi connectivity index (χ0n) is 17.9. The van der Waals surface area contributed by atoms with E-state index in [0.717, 1.165) is 0 Å². The van der Waals surface area contributed by atoms with Gasteiger partial charge >= 0.3 is 5.97 Å². The highest BCUT2D eigenvalue weighted by Gasteiger charge is 2.27. The standard InChI is InChI=1S/C23H18N2O8/c1-29-19-10-14(11-20(30-2)21(19)31-3)22-24-17(23(26)33-22)12-16-7-8-18(32-16)13-5-4-6-15(9-13)25(27)28/h4-12H,1-3H3/b17-12-. The number of nitro groups is 1. The predicted octanol–water partition coefficient (Wildman–Crippen LogP) is 4.23. The molecule has 3 aromatic rings. The highest BCUT2D eigenvalue weighted by atomic mass is 16.6. The minimum Gasteiger partial charge on any atom is -0.493 e. The predicted molar refractivity (Wildman–Crippen MR) is 118 cm³/mol. The highest BCUT2D eigenvalue weighted by molar-refractivity contribution is 6.13. The number of furan rings is 1. The summed E-state index contributed by atoms with van der Waals surface area (Å²) in [6, 6.07) is 12.6. The Balaban J connectivity index is 1.65. The van der Waals surface area contributed by atoms with Gasteiger partial charge in [0.05, 0.1) is 26.3 Å². The number of nitrogens with zero attached hydrogens (tertiary/aromatic N) is 2. The molecule has 0 saturated heterocycles. The molecule has 0 radical (unpaired) electrons. The molecule has 0 N–H and O–H groups in total. The normalized spacial score (nSPS) is 14.1. The first-order chi connectivity index (χ1) is 15.9. The fourth-order valence-corrected chi connectivity index (χ4v) is 3.23. The van der Waals surface area contributed by atoms with E-state index in [4.69, 9.17) is 23.4 Å². The van der Waals surface area contributed by atoms with E-state index < -0.39 is 10.9 Å². The maximum atomic E-state index is 12.4. The van der Waals surface area contributed by atoms with E-state index in [-0.39, 0.29) is 17.3 Å². The maximum absolute atomic E-state index is 12.4. The molecule has 1 aliphatic rings. The molecule has 10 heteroatoms. The number of non-ortho nitro benzene ring substituents is 1. The first-order valence-electron chi connectivity index (χ1n) is 9.61. The van der Waals surface area contributed by atoms with Crippen molar-refractivity contribution < 1.29 is 33.1 Å². The smallest absolute Gasteiger partial charge is 0.363 e. The summed E-state index contributed by atoms with van der Waals surface area (Å²) < 4.78 is 27.0. The van der Waals surface area contributed by atoms with Crippen LogP contribution in [0.15, 0.2) is 63.6 Å². The average Bonchev–Trinajstić information content (AvgIpc) is 3.45. The first kappa shape index (κ1) is 21.6. The summed E-state index contributed by atoms with van der Waals surface area (Å²) in [5.74, 6) is 1.31. The molecule has 10 nitrogen and oxygen atoms in total. The molecule has 2 heterocycles. The van der Waals surface area contributed by atoms with E-state index in [1.165, 1.54) is 39.5 Å². The van der Waals surface area contributed by atoms with Gasteiger partial charge in [-0.2, -0.15) is 0 Å². The number of aliphatic imine (C=N–C) groups is 1. The molecule has 0 unspecified atom stereocenters. The van der Waals surface area contributed by atoms with Crippen molar-refractivity contribution in [3.8, 4) is 28.6 Å². The Morgan fingerprint density at radius 3 is 2.33 bits per heavy atom. The molecule has 1 aromatic heterocycles. The van der Waals surface area contributed by atoms with Gasteiger partial charge in [-0.15, -0.1) is 0 Å². The van der Waals surface area contributed by atoms with Crippen LogP contribution in [0.2, 0.25) is 0 Å². The Morgan fingerprint density at radius 1 is 0.970 bits per heavy atom. The van der Waals surface area contributed by atoms with Gasteiger partial charge in [0.2, 0.25) is 11.6 Å². The van der Waals surface area contributed by atoms with Crippen molar-refractivity contribution in [2.75, 3.05) is 21.3 Å². The Morgan fingerprint density at radius 2 is 1.70 bits per heavy atom. The summed E-state index contributed by atoms with van der Waals surface area (Å²) in [4.78, 5) is 27.2. The van der Waals surface area contributed by atoms with Crippen LogP contribution < -0.4 is 14.2 Å². The zero-order chi connectivity index (χ0) is 23.5. The fraction of sp³-hybridized carbons (Fsp3) is 0.130. The number of carbonyl (C=O) groups excluding carboxylic acids is 1. The number of ether oxygens (including phenoxy) is 4. The van der Waals surface area contributed by atoms with Gasteiger partial charge in [-0.1, -0.05) is 12.1 Å². The van der Waals surface area contributed by atoms with Crippen LogP contribution in [-0.4, -0.2) is 38.1 Å². The van der Waals surface area contributed by atoms with Crippen LogP contribution in [0.25, 0.3) is 17.4 Å². The number of hydrogen-bond donors (Lipinski definition) is 0.